The molecule has 0 aliphatic carbocycles. The number of methoxy groups -OCH3 is 1. The van der Waals surface area contributed by atoms with Gasteiger partial charge in [0, 0.05) is 12.5 Å². The molecule has 96 valence electrons. The molecule has 1 aromatic rings. The summed E-state index contributed by atoms with van der Waals surface area (Å²) in [5.41, 5.74) is 1.99. The summed E-state index contributed by atoms with van der Waals surface area (Å²) in [6, 6.07) is 7.63. The van der Waals surface area contributed by atoms with Crippen LogP contribution in [-0.4, -0.2) is 24.2 Å². The Morgan fingerprint density at radius 3 is 2.50 bits per heavy atom. The smallest absolute Gasteiger partial charge is 0.330 e. The van der Waals surface area contributed by atoms with E-state index in [1.54, 1.807) is 6.08 Å². The lowest BCUT2D eigenvalue weighted by Crippen LogP contribution is -1.96. The van der Waals surface area contributed by atoms with E-state index >= 15 is 0 Å². The molecule has 0 fully saturated rings. The Labute approximate surface area is 106 Å². The van der Waals surface area contributed by atoms with Crippen molar-refractivity contribution in [3.63, 3.8) is 0 Å². The Kier molecular flexibility index (Phi) is 5.64. The van der Waals surface area contributed by atoms with Gasteiger partial charge in [-0.15, -0.1) is 0 Å². The van der Waals surface area contributed by atoms with E-state index in [-0.39, 0.29) is 12.4 Å². The van der Waals surface area contributed by atoms with Gasteiger partial charge in [-0.2, -0.15) is 0 Å². The maximum absolute atomic E-state index is 10.9. The van der Waals surface area contributed by atoms with Crippen molar-refractivity contribution in [3.8, 4) is 0 Å². The molecule has 1 rings (SSSR count). The molecule has 1 N–H and O–H groups in total. The molecule has 0 saturated carbocycles. The normalized spacial score (nSPS) is 10.5. The molecule has 4 nitrogen and oxygen atoms in total. The number of aliphatic carboxylic acids is 1. The molecule has 1 aromatic carbocycles. The largest absolute Gasteiger partial charge is 0.481 e. The number of carboxylic acids is 1. The summed E-state index contributed by atoms with van der Waals surface area (Å²) in [6.45, 7) is 0. The Morgan fingerprint density at radius 2 is 1.94 bits per heavy atom. The second-order valence-electron chi connectivity index (χ2n) is 3.85. The summed E-state index contributed by atoms with van der Waals surface area (Å²) in [6.07, 6.45) is 4.59. The number of aryl methyl sites for hydroxylation is 1. The summed E-state index contributed by atoms with van der Waals surface area (Å²) >= 11 is 0. The minimum atomic E-state index is -0.771. The molecule has 0 radical (unpaired) electrons. The topological polar surface area (TPSA) is 63.6 Å². The van der Waals surface area contributed by atoms with E-state index in [1.807, 2.05) is 24.3 Å². The fourth-order valence-corrected chi connectivity index (χ4v) is 1.47. The fourth-order valence-electron chi connectivity index (χ4n) is 1.47. The maximum atomic E-state index is 10.9. The molecule has 0 aliphatic rings. The molecule has 0 unspecified atom stereocenters. The summed E-state index contributed by atoms with van der Waals surface area (Å²) < 4.78 is 4.49. The molecular formula is C14H16O4. The van der Waals surface area contributed by atoms with E-state index in [0.29, 0.717) is 6.42 Å². The van der Waals surface area contributed by atoms with Crippen LogP contribution < -0.4 is 0 Å². The lowest BCUT2D eigenvalue weighted by atomic mass is 10.1. The fraction of sp³-hybridized carbons (Fsp3) is 0.286. The summed E-state index contributed by atoms with van der Waals surface area (Å²) in [5, 5.41) is 8.53. The van der Waals surface area contributed by atoms with Crippen LogP contribution in [0.2, 0.25) is 0 Å². The van der Waals surface area contributed by atoms with E-state index in [0.717, 1.165) is 17.5 Å². The number of rotatable bonds is 6. The SMILES string of the molecule is COC(=O)/C=C/c1ccc(CCCC(=O)O)cc1. The average Bonchev–Trinajstić information content (AvgIpc) is 2.37. The lowest BCUT2D eigenvalue weighted by molar-refractivity contribution is -0.137. The van der Waals surface area contributed by atoms with E-state index in [1.165, 1.54) is 13.2 Å². The van der Waals surface area contributed by atoms with E-state index in [9.17, 15) is 9.59 Å². The molecule has 0 heterocycles. The van der Waals surface area contributed by atoms with Gasteiger partial charge < -0.3 is 9.84 Å². The molecule has 0 saturated heterocycles. The van der Waals surface area contributed by atoms with Crippen molar-refractivity contribution < 1.29 is 19.4 Å². The first kappa shape index (κ1) is 14.0. The molecule has 0 amide bonds. The first-order valence-electron chi connectivity index (χ1n) is 5.68. The van der Waals surface area contributed by atoms with Crippen molar-refractivity contribution in [1.82, 2.24) is 0 Å². The van der Waals surface area contributed by atoms with Gasteiger partial charge in [-0.25, -0.2) is 4.79 Å². The van der Waals surface area contributed by atoms with Crippen molar-refractivity contribution >= 4 is 18.0 Å². The van der Waals surface area contributed by atoms with Crippen LogP contribution in [0.25, 0.3) is 6.08 Å². The minimum absolute atomic E-state index is 0.185. The standard InChI is InChI=1S/C14H16O4/c1-18-14(17)10-9-12-7-5-11(6-8-12)3-2-4-13(15)16/h5-10H,2-4H2,1H3,(H,15,16)/b10-9+. The van der Waals surface area contributed by atoms with Crippen LogP contribution in [0.1, 0.15) is 24.0 Å². The number of ether oxygens (including phenoxy) is 1. The Bertz CT molecular complexity index is 432. The van der Waals surface area contributed by atoms with E-state index < -0.39 is 5.97 Å². The maximum Gasteiger partial charge on any atom is 0.330 e. The molecule has 0 atom stereocenters. The molecule has 18 heavy (non-hydrogen) atoms. The number of benzene rings is 1. The van der Waals surface area contributed by atoms with Crippen LogP contribution in [0.3, 0.4) is 0 Å². The number of carbonyl (C=O) groups excluding carboxylic acids is 1. The van der Waals surface area contributed by atoms with Gasteiger partial charge in [0.05, 0.1) is 7.11 Å². The monoisotopic (exact) mass is 248 g/mol. The number of hydrogen-bond acceptors (Lipinski definition) is 3. The molecule has 4 heteroatoms. The van der Waals surface area contributed by atoms with Crippen LogP contribution in [0.5, 0.6) is 0 Å². The van der Waals surface area contributed by atoms with Gasteiger partial charge in [-0.1, -0.05) is 24.3 Å². The highest BCUT2D eigenvalue weighted by Gasteiger charge is 1.98. The lowest BCUT2D eigenvalue weighted by Gasteiger charge is -2.00. The zero-order chi connectivity index (χ0) is 13.4. The summed E-state index contributed by atoms with van der Waals surface area (Å²) in [5.74, 6) is -1.16. The van der Waals surface area contributed by atoms with Crippen molar-refractivity contribution in [2.24, 2.45) is 0 Å². The molecule has 0 aliphatic heterocycles. The second kappa shape index (κ2) is 7.27. The first-order chi connectivity index (χ1) is 8.61. The van der Waals surface area contributed by atoms with E-state index in [4.69, 9.17) is 5.11 Å². The Balaban J connectivity index is 2.49. The number of carbonyl (C=O) groups is 2. The average molecular weight is 248 g/mol. The highest BCUT2D eigenvalue weighted by Crippen LogP contribution is 2.09. The summed E-state index contributed by atoms with van der Waals surface area (Å²) in [4.78, 5) is 21.3. The van der Waals surface area contributed by atoms with Crippen molar-refractivity contribution in [2.75, 3.05) is 7.11 Å². The van der Waals surface area contributed by atoms with Crippen LogP contribution in [-0.2, 0) is 20.7 Å². The first-order valence-corrected chi connectivity index (χ1v) is 5.68. The molecular weight excluding hydrogens is 232 g/mol. The number of esters is 1. The van der Waals surface area contributed by atoms with Gasteiger partial charge in [-0.3, -0.25) is 4.79 Å². The molecule has 0 aromatic heterocycles. The molecule has 0 bridgehead atoms. The third-order valence-electron chi connectivity index (χ3n) is 2.45. The number of hydrogen-bond donors (Lipinski definition) is 1. The van der Waals surface area contributed by atoms with Crippen LogP contribution >= 0.6 is 0 Å². The third kappa shape index (κ3) is 5.30. The minimum Gasteiger partial charge on any atom is -0.481 e. The van der Waals surface area contributed by atoms with Crippen LogP contribution in [0.4, 0.5) is 0 Å². The van der Waals surface area contributed by atoms with Gasteiger partial charge in [0.15, 0.2) is 0 Å². The van der Waals surface area contributed by atoms with E-state index in [2.05, 4.69) is 4.74 Å². The van der Waals surface area contributed by atoms with Crippen LogP contribution in [0, 0.1) is 0 Å². The predicted octanol–water partition coefficient (Wildman–Crippen LogP) is 2.28. The van der Waals surface area contributed by atoms with Gasteiger partial charge in [0.1, 0.15) is 0 Å². The highest BCUT2D eigenvalue weighted by atomic mass is 16.5. The van der Waals surface area contributed by atoms with Crippen molar-refractivity contribution in [3.05, 3.63) is 41.5 Å². The van der Waals surface area contributed by atoms with Gasteiger partial charge >= 0.3 is 11.9 Å². The Morgan fingerprint density at radius 1 is 1.28 bits per heavy atom. The van der Waals surface area contributed by atoms with Crippen molar-refractivity contribution in [2.45, 2.75) is 19.3 Å². The van der Waals surface area contributed by atoms with Crippen LogP contribution in [0.15, 0.2) is 30.3 Å². The Hall–Kier alpha value is -2.10. The van der Waals surface area contributed by atoms with Gasteiger partial charge in [0.25, 0.3) is 0 Å². The zero-order valence-corrected chi connectivity index (χ0v) is 10.3. The van der Waals surface area contributed by atoms with Crippen molar-refractivity contribution in [1.29, 1.82) is 0 Å². The highest BCUT2D eigenvalue weighted by molar-refractivity contribution is 5.86. The zero-order valence-electron chi connectivity index (χ0n) is 10.3. The predicted molar refractivity (Wildman–Crippen MR) is 68.1 cm³/mol. The second-order valence-corrected chi connectivity index (χ2v) is 3.85. The quantitative estimate of drug-likeness (QED) is 0.619. The van der Waals surface area contributed by atoms with Gasteiger partial charge in [0.2, 0.25) is 0 Å². The summed E-state index contributed by atoms with van der Waals surface area (Å²) in [7, 11) is 1.33. The third-order valence-corrected chi connectivity index (χ3v) is 2.45. The molecule has 0 spiro atoms. The van der Waals surface area contributed by atoms with Gasteiger partial charge in [-0.05, 0) is 30.0 Å². The number of carboxylic acid groups (broad SMARTS) is 1.